The van der Waals surface area contributed by atoms with Gasteiger partial charge < -0.3 is 9.67 Å². The highest BCUT2D eigenvalue weighted by atomic mass is 16.3. The van der Waals surface area contributed by atoms with Gasteiger partial charge in [-0.25, -0.2) is 4.98 Å². The molecular formula is C21H30N2O. The zero-order valence-corrected chi connectivity index (χ0v) is 15.0. The summed E-state index contributed by atoms with van der Waals surface area (Å²) in [6.45, 7) is 5.01. The first-order chi connectivity index (χ1) is 11.5. The van der Waals surface area contributed by atoms with Gasteiger partial charge in [0, 0.05) is 23.5 Å². The Bertz CT molecular complexity index is 665. The van der Waals surface area contributed by atoms with E-state index in [-0.39, 0.29) is 6.10 Å². The van der Waals surface area contributed by atoms with Crippen LogP contribution in [-0.2, 0) is 0 Å². The van der Waals surface area contributed by atoms with Gasteiger partial charge >= 0.3 is 0 Å². The van der Waals surface area contributed by atoms with Gasteiger partial charge in [0.15, 0.2) is 0 Å². The molecule has 7 unspecified atom stereocenters. The maximum absolute atomic E-state index is 10.3. The average Bonchev–Trinajstić information content (AvgIpc) is 3.22. The van der Waals surface area contributed by atoms with Crippen molar-refractivity contribution in [3.8, 4) is 0 Å². The van der Waals surface area contributed by atoms with Crippen molar-refractivity contribution in [3.05, 3.63) is 24.8 Å². The van der Waals surface area contributed by atoms with Crippen LogP contribution in [0, 0.1) is 34.5 Å². The number of nitrogens with zero attached hydrogens (tertiary/aromatic N) is 2. The Balaban J connectivity index is 1.47. The Hall–Kier alpha value is -1.09. The van der Waals surface area contributed by atoms with Gasteiger partial charge in [0.1, 0.15) is 0 Å². The van der Waals surface area contributed by atoms with Crippen LogP contribution in [0.5, 0.6) is 0 Å². The molecule has 1 N–H and O–H groups in total. The lowest BCUT2D eigenvalue weighted by Gasteiger charge is -2.57. The van der Waals surface area contributed by atoms with Crippen LogP contribution in [0.2, 0.25) is 0 Å². The lowest BCUT2D eigenvalue weighted by molar-refractivity contribution is -0.0666. The molecular weight excluding hydrogens is 296 g/mol. The minimum absolute atomic E-state index is 0.0460. The standard InChI is InChI=1S/C21H30N2O/c1-20-8-7-18-16(4-3-14-11-15(24)12-21(14,18)2)17(20)5-6-19(20)23-10-9-22-13-23/h6,9-10,13-18,24H,3-5,7-8,11-12H2,1-2H3. The van der Waals surface area contributed by atoms with Crippen molar-refractivity contribution in [2.24, 2.45) is 34.5 Å². The predicted octanol–water partition coefficient (Wildman–Crippen LogP) is 4.35. The Labute approximate surface area is 145 Å². The number of aliphatic hydroxyl groups is 1. The van der Waals surface area contributed by atoms with Gasteiger partial charge in [-0.15, -0.1) is 0 Å². The Kier molecular flexibility index (Phi) is 3.14. The van der Waals surface area contributed by atoms with Crippen molar-refractivity contribution < 1.29 is 5.11 Å². The van der Waals surface area contributed by atoms with E-state index < -0.39 is 0 Å². The molecule has 1 aromatic rings. The van der Waals surface area contributed by atoms with E-state index in [9.17, 15) is 5.11 Å². The summed E-state index contributed by atoms with van der Waals surface area (Å²) in [5.41, 5.74) is 2.19. The maximum atomic E-state index is 10.3. The van der Waals surface area contributed by atoms with Crippen LogP contribution < -0.4 is 0 Å². The van der Waals surface area contributed by atoms with Gasteiger partial charge in [-0.3, -0.25) is 0 Å². The van der Waals surface area contributed by atoms with E-state index in [1.807, 2.05) is 12.5 Å². The minimum Gasteiger partial charge on any atom is -0.393 e. The van der Waals surface area contributed by atoms with E-state index in [1.54, 1.807) is 0 Å². The molecule has 0 bridgehead atoms. The second kappa shape index (κ2) is 4.97. The second-order valence-electron chi connectivity index (χ2n) is 9.50. The van der Waals surface area contributed by atoms with Crippen molar-refractivity contribution in [2.75, 3.05) is 0 Å². The fraction of sp³-hybridized carbons (Fsp3) is 0.762. The lowest BCUT2D eigenvalue weighted by atomic mass is 9.48. The number of hydrogen-bond acceptors (Lipinski definition) is 2. The number of rotatable bonds is 1. The first-order valence-electron chi connectivity index (χ1n) is 9.89. The average molecular weight is 326 g/mol. The third-order valence-electron chi connectivity index (χ3n) is 8.62. The monoisotopic (exact) mass is 326 g/mol. The van der Waals surface area contributed by atoms with Gasteiger partial charge in [-0.1, -0.05) is 19.9 Å². The van der Waals surface area contributed by atoms with E-state index in [1.165, 1.54) is 37.8 Å². The van der Waals surface area contributed by atoms with Crippen molar-refractivity contribution in [1.29, 1.82) is 0 Å². The van der Waals surface area contributed by atoms with E-state index in [2.05, 4.69) is 35.7 Å². The Morgan fingerprint density at radius 3 is 2.88 bits per heavy atom. The number of aliphatic hydroxyl groups excluding tert-OH is 1. The molecule has 0 aromatic carbocycles. The molecule has 3 saturated carbocycles. The first-order valence-corrected chi connectivity index (χ1v) is 9.89. The number of hydrogen-bond donors (Lipinski definition) is 1. The highest BCUT2D eigenvalue weighted by Crippen LogP contribution is 2.67. The fourth-order valence-corrected chi connectivity index (χ4v) is 7.51. The van der Waals surface area contributed by atoms with Crippen molar-refractivity contribution >= 4 is 5.70 Å². The third kappa shape index (κ3) is 1.85. The van der Waals surface area contributed by atoms with Crippen molar-refractivity contribution in [3.63, 3.8) is 0 Å². The molecule has 0 amide bonds. The van der Waals surface area contributed by atoms with Gasteiger partial charge in [0.2, 0.25) is 0 Å². The molecule has 4 aliphatic carbocycles. The Morgan fingerprint density at radius 2 is 2.08 bits per heavy atom. The minimum atomic E-state index is -0.0460. The summed E-state index contributed by atoms with van der Waals surface area (Å²) in [5.74, 6) is 3.21. The van der Waals surface area contributed by atoms with Gasteiger partial charge in [-0.05, 0) is 74.0 Å². The normalized spacial score (nSPS) is 50.1. The van der Waals surface area contributed by atoms with E-state index >= 15 is 0 Å². The molecule has 0 spiro atoms. The molecule has 7 atom stereocenters. The topological polar surface area (TPSA) is 38.0 Å². The van der Waals surface area contributed by atoms with Gasteiger partial charge in [-0.2, -0.15) is 0 Å². The van der Waals surface area contributed by atoms with Crippen LogP contribution in [0.1, 0.15) is 58.8 Å². The number of imidazole rings is 1. The second-order valence-corrected chi connectivity index (χ2v) is 9.50. The first kappa shape index (κ1) is 15.2. The number of allylic oxidation sites excluding steroid dienone is 2. The molecule has 0 radical (unpaired) electrons. The van der Waals surface area contributed by atoms with Gasteiger partial charge in [0.05, 0.1) is 12.4 Å². The summed E-state index contributed by atoms with van der Waals surface area (Å²) in [5, 5.41) is 10.3. The molecule has 3 nitrogen and oxygen atoms in total. The Morgan fingerprint density at radius 1 is 1.21 bits per heavy atom. The van der Waals surface area contributed by atoms with E-state index in [4.69, 9.17) is 0 Å². The zero-order valence-electron chi connectivity index (χ0n) is 15.0. The molecule has 0 aliphatic heterocycles. The van der Waals surface area contributed by atoms with Crippen molar-refractivity contribution in [1.82, 2.24) is 9.55 Å². The van der Waals surface area contributed by atoms with Crippen LogP contribution in [0.4, 0.5) is 0 Å². The molecule has 0 saturated heterocycles. The zero-order chi connectivity index (χ0) is 16.5. The van der Waals surface area contributed by atoms with Crippen LogP contribution in [0.25, 0.3) is 5.70 Å². The molecule has 1 aromatic heterocycles. The molecule has 24 heavy (non-hydrogen) atoms. The van der Waals surface area contributed by atoms with E-state index in [0.29, 0.717) is 10.8 Å². The molecule has 4 aliphatic rings. The smallest absolute Gasteiger partial charge is 0.0989 e. The third-order valence-corrected chi connectivity index (χ3v) is 8.62. The molecule has 3 heteroatoms. The molecule has 3 fully saturated rings. The maximum Gasteiger partial charge on any atom is 0.0989 e. The summed E-state index contributed by atoms with van der Waals surface area (Å²) >= 11 is 0. The summed E-state index contributed by atoms with van der Waals surface area (Å²) in [6, 6.07) is 0. The van der Waals surface area contributed by atoms with Crippen molar-refractivity contribution in [2.45, 2.75) is 64.9 Å². The van der Waals surface area contributed by atoms with Crippen LogP contribution in [0.3, 0.4) is 0 Å². The largest absolute Gasteiger partial charge is 0.393 e. The number of aromatic nitrogens is 2. The summed E-state index contributed by atoms with van der Waals surface area (Å²) in [6.07, 6.45) is 17.1. The number of fused-ring (bicyclic) bond motifs is 5. The fourth-order valence-electron chi connectivity index (χ4n) is 7.51. The van der Waals surface area contributed by atoms with Crippen LogP contribution in [-0.4, -0.2) is 20.8 Å². The van der Waals surface area contributed by atoms with Gasteiger partial charge in [0.25, 0.3) is 0 Å². The summed E-state index contributed by atoms with van der Waals surface area (Å²) in [7, 11) is 0. The quantitative estimate of drug-likeness (QED) is 0.833. The highest BCUT2D eigenvalue weighted by molar-refractivity contribution is 5.56. The lowest BCUT2D eigenvalue weighted by Crippen LogP contribution is -2.50. The van der Waals surface area contributed by atoms with E-state index in [0.717, 1.165) is 36.5 Å². The van der Waals surface area contributed by atoms with Crippen LogP contribution in [0.15, 0.2) is 24.8 Å². The SMILES string of the molecule is CC12CCC3C(CCC4CC(O)CC43C)C1CC=C2n1ccnc1. The summed E-state index contributed by atoms with van der Waals surface area (Å²) in [4.78, 5) is 4.27. The molecule has 1 heterocycles. The molecule has 5 rings (SSSR count). The molecule has 130 valence electrons. The highest BCUT2D eigenvalue weighted by Gasteiger charge is 2.60. The predicted molar refractivity (Wildman–Crippen MR) is 95.0 cm³/mol. The van der Waals surface area contributed by atoms with Crippen LogP contribution >= 0.6 is 0 Å². The summed E-state index contributed by atoms with van der Waals surface area (Å²) < 4.78 is 2.26.